The van der Waals surface area contributed by atoms with Crippen molar-refractivity contribution in [2.75, 3.05) is 12.3 Å². The van der Waals surface area contributed by atoms with E-state index in [2.05, 4.69) is 0 Å². The number of hydrogen-bond acceptors (Lipinski definition) is 3. The van der Waals surface area contributed by atoms with E-state index in [0.29, 0.717) is 23.8 Å². The molecule has 1 saturated carbocycles. The van der Waals surface area contributed by atoms with E-state index in [1.54, 1.807) is 0 Å². The minimum absolute atomic E-state index is 0.300. The van der Waals surface area contributed by atoms with Crippen LogP contribution < -0.4 is 5.73 Å². The molecular formula is C14H19NO2. The maximum atomic E-state index is 11.8. The number of benzene rings is 1. The molecule has 1 aromatic carbocycles. The molecule has 0 aromatic heterocycles. The van der Waals surface area contributed by atoms with E-state index in [9.17, 15) is 4.79 Å². The Labute approximate surface area is 102 Å². The number of ether oxygens (including phenoxy) is 1. The maximum Gasteiger partial charge on any atom is 0.340 e. The van der Waals surface area contributed by atoms with Crippen LogP contribution in [0.3, 0.4) is 0 Å². The Morgan fingerprint density at radius 3 is 2.82 bits per heavy atom. The van der Waals surface area contributed by atoms with Crippen molar-refractivity contribution in [3.05, 3.63) is 29.3 Å². The fraction of sp³-hybridized carbons (Fsp3) is 0.500. The number of carbonyl (C=O) groups excluding carboxylic acids is 1. The third-order valence-corrected chi connectivity index (χ3v) is 3.31. The van der Waals surface area contributed by atoms with Gasteiger partial charge in [0.15, 0.2) is 0 Å². The van der Waals surface area contributed by atoms with Crippen molar-refractivity contribution in [2.45, 2.75) is 38.5 Å². The van der Waals surface area contributed by atoms with E-state index in [4.69, 9.17) is 10.5 Å². The summed E-state index contributed by atoms with van der Waals surface area (Å²) in [4.78, 5) is 11.8. The molecule has 2 N–H and O–H groups in total. The van der Waals surface area contributed by atoms with Gasteiger partial charge in [-0.1, -0.05) is 19.4 Å². The van der Waals surface area contributed by atoms with E-state index in [-0.39, 0.29) is 5.97 Å². The largest absolute Gasteiger partial charge is 0.462 e. The first-order valence-corrected chi connectivity index (χ1v) is 6.29. The van der Waals surface area contributed by atoms with Gasteiger partial charge in [0.1, 0.15) is 0 Å². The second-order valence-electron chi connectivity index (χ2n) is 4.61. The Morgan fingerprint density at radius 2 is 2.24 bits per heavy atom. The lowest BCUT2D eigenvalue weighted by atomic mass is 9.79. The molecule has 0 heterocycles. The number of nitrogens with two attached hydrogens (primary N) is 1. The molecule has 0 saturated heterocycles. The lowest BCUT2D eigenvalue weighted by Crippen LogP contribution is -2.13. The standard InChI is InChI=1S/C14H19NO2/c1-2-8-17-14(16)12-9-11(6-7-13(12)15)10-4-3-5-10/h6-7,9-10H,2-5,8,15H2,1H3. The molecule has 92 valence electrons. The van der Waals surface area contributed by atoms with Gasteiger partial charge in [-0.25, -0.2) is 4.79 Å². The highest BCUT2D eigenvalue weighted by Gasteiger charge is 2.21. The Hall–Kier alpha value is -1.51. The number of rotatable bonds is 4. The highest BCUT2D eigenvalue weighted by molar-refractivity contribution is 5.95. The summed E-state index contributed by atoms with van der Waals surface area (Å²) in [5.41, 5.74) is 8.06. The van der Waals surface area contributed by atoms with Crippen LogP contribution in [-0.4, -0.2) is 12.6 Å². The first-order valence-electron chi connectivity index (χ1n) is 6.29. The monoisotopic (exact) mass is 233 g/mol. The summed E-state index contributed by atoms with van der Waals surface area (Å²) in [6.45, 7) is 2.42. The molecular weight excluding hydrogens is 214 g/mol. The molecule has 1 aliphatic rings. The maximum absolute atomic E-state index is 11.8. The molecule has 0 spiro atoms. The van der Waals surface area contributed by atoms with Crippen LogP contribution in [0.25, 0.3) is 0 Å². The molecule has 1 fully saturated rings. The highest BCUT2D eigenvalue weighted by Crippen LogP contribution is 2.37. The van der Waals surface area contributed by atoms with Crippen LogP contribution in [0.5, 0.6) is 0 Å². The van der Waals surface area contributed by atoms with Gasteiger partial charge in [-0.15, -0.1) is 0 Å². The van der Waals surface area contributed by atoms with Gasteiger partial charge in [0, 0.05) is 5.69 Å². The lowest BCUT2D eigenvalue weighted by Gasteiger charge is -2.26. The van der Waals surface area contributed by atoms with Crippen LogP contribution >= 0.6 is 0 Å². The molecule has 0 amide bonds. The SMILES string of the molecule is CCCOC(=O)c1cc(C2CCC2)ccc1N. The van der Waals surface area contributed by atoms with Gasteiger partial charge in [-0.05, 0) is 42.9 Å². The Morgan fingerprint density at radius 1 is 1.47 bits per heavy atom. The fourth-order valence-electron chi connectivity index (χ4n) is 2.02. The summed E-state index contributed by atoms with van der Waals surface area (Å²) in [5, 5.41) is 0. The predicted octanol–water partition coefficient (Wildman–Crippen LogP) is 3.10. The average molecular weight is 233 g/mol. The van der Waals surface area contributed by atoms with E-state index < -0.39 is 0 Å². The van der Waals surface area contributed by atoms with Crippen molar-refractivity contribution in [3.63, 3.8) is 0 Å². The topological polar surface area (TPSA) is 52.3 Å². The summed E-state index contributed by atoms with van der Waals surface area (Å²) >= 11 is 0. The van der Waals surface area contributed by atoms with Crippen molar-refractivity contribution in [3.8, 4) is 0 Å². The van der Waals surface area contributed by atoms with Gasteiger partial charge in [-0.3, -0.25) is 0 Å². The molecule has 2 rings (SSSR count). The summed E-state index contributed by atoms with van der Waals surface area (Å²) in [7, 11) is 0. The van der Waals surface area contributed by atoms with Gasteiger partial charge < -0.3 is 10.5 Å². The van der Waals surface area contributed by atoms with Crippen LogP contribution in [0.2, 0.25) is 0 Å². The van der Waals surface area contributed by atoms with Crippen molar-refractivity contribution in [1.29, 1.82) is 0 Å². The molecule has 0 unspecified atom stereocenters. The Kier molecular flexibility index (Phi) is 3.67. The van der Waals surface area contributed by atoms with Gasteiger partial charge >= 0.3 is 5.97 Å². The first kappa shape index (κ1) is 12.0. The zero-order valence-electron chi connectivity index (χ0n) is 10.2. The third-order valence-electron chi connectivity index (χ3n) is 3.31. The van der Waals surface area contributed by atoms with Crippen LogP contribution in [0.4, 0.5) is 5.69 Å². The normalized spacial score (nSPS) is 15.4. The van der Waals surface area contributed by atoms with Crippen LogP contribution in [0, 0.1) is 0 Å². The quantitative estimate of drug-likeness (QED) is 0.642. The van der Waals surface area contributed by atoms with E-state index in [1.807, 2.05) is 25.1 Å². The molecule has 0 aliphatic heterocycles. The average Bonchev–Trinajstić information content (AvgIpc) is 2.26. The van der Waals surface area contributed by atoms with Crippen molar-refractivity contribution in [2.24, 2.45) is 0 Å². The zero-order valence-corrected chi connectivity index (χ0v) is 10.2. The zero-order chi connectivity index (χ0) is 12.3. The predicted molar refractivity (Wildman–Crippen MR) is 68.0 cm³/mol. The number of hydrogen-bond donors (Lipinski definition) is 1. The van der Waals surface area contributed by atoms with Gasteiger partial charge in [0.25, 0.3) is 0 Å². The highest BCUT2D eigenvalue weighted by atomic mass is 16.5. The molecule has 1 aliphatic carbocycles. The number of esters is 1. The number of nitrogen functional groups attached to an aromatic ring is 1. The summed E-state index contributed by atoms with van der Waals surface area (Å²) in [6.07, 6.45) is 4.54. The number of anilines is 1. The Balaban J connectivity index is 2.16. The minimum atomic E-state index is -0.300. The second-order valence-corrected chi connectivity index (χ2v) is 4.61. The molecule has 0 atom stereocenters. The third kappa shape index (κ3) is 2.60. The molecule has 0 radical (unpaired) electrons. The molecule has 3 nitrogen and oxygen atoms in total. The van der Waals surface area contributed by atoms with Gasteiger partial charge in [0.05, 0.1) is 12.2 Å². The summed E-state index contributed by atoms with van der Waals surface area (Å²) in [6, 6.07) is 5.74. The van der Waals surface area contributed by atoms with Crippen LogP contribution in [0.1, 0.15) is 54.4 Å². The van der Waals surface area contributed by atoms with Gasteiger partial charge in [0.2, 0.25) is 0 Å². The molecule has 3 heteroatoms. The second kappa shape index (κ2) is 5.21. The summed E-state index contributed by atoms with van der Waals surface area (Å²) in [5.74, 6) is 0.304. The lowest BCUT2D eigenvalue weighted by molar-refractivity contribution is 0.0506. The Bertz CT molecular complexity index is 411. The van der Waals surface area contributed by atoms with E-state index >= 15 is 0 Å². The van der Waals surface area contributed by atoms with Crippen molar-refractivity contribution in [1.82, 2.24) is 0 Å². The van der Waals surface area contributed by atoms with Crippen LogP contribution in [-0.2, 0) is 4.74 Å². The minimum Gasteiger partial charge on any atom is -0.462 e. The van der Waals surface area contributed by atoms with E-state index in [0.717, 1.165) is 6.42 Å². The number of carbonyl (C=O) groups is 1. The van der Waals surface area contributed by atoms with Crippen molar-refractivity contribution >= 4 is 11.7 Å². The molecule has 0 bridgehead atoms. The van der Waals surface area contributed by atoms with Crippen LogP contribution in [0.15, 0.2) is 18.2 Å². The molecule has 17 heavy (non-hydrogen) atoms. The smallest absolute Gasteiger partial charge is 0.340 e. The summed E-state index contributed by atoms with van der Waals surface area (Å²) < 4.78 is 5.13. The fourth-order valence-corrected chi connectivity index (χ4v) is 2.02. The molecule has 1 aromatic rings. The van der Waals surface area contributed by atoms with E-state index in [1.165, 1.54) is 24.8 Å². The first-order chi connectivity index (χ1) is 8.22. The van der Waals surface area contributed by atoms with Crippen molar-refractivity contribution < 1.29 is 9.53 Å². The van der Waals surface area contributed by atoms with Gasteiger partial charge in [-0.2, -0.15) is 0 Å².